The summed E-state index contributed by atoms with van der Waals surface area (Å²) in [6.45, 7) is 0. The molecule has 1 rings (SSSR count). The third-order valence-corrected chi connectivity index (χ3v) is 1.46. The van der Waals surface area contributed by atoms with E-state index in [1.807, 2.05) is 6.07 Å². The van der Waals surface area contributed by atoms with Gasteiger partial charge in [-0.15, -0.1) is 0 Å². The second-order valence-corrected chi connectivity index (χ2v) is 2.35. The highest BCUT2D eigenvalue weighted by atomic mass is 16.3. The molecule has 1 aromatic rings. The van der Waals surface area contributed by atoms with Gasteiger partial charge in [-0.3, -0.25) is 0 Å². The van der Waals surface area contributed by atoms with Gasteiger partial charge in [-0.1, -0.05) is 30.3 Å². The smallest absolute Gasteiger partial charge is 0.132 e. The molecule has 3 heteroatoms. The first-order valence-electron chi connectivity index (χ1n) is 3.38. The summed E-state index contributed by atoms with van der Waals surface area (Å²) in [5.74, 6) is 0. The van der Waals surface area contributed by atoms with Crippen molar-refractivity contribution in [3.63, 3.8) is 0 Å². The van der Waals surface area contributed by atoms with Crippen LogP contribution in [0, 0.1) is 0 Å². The summed E-state index contributed by atoms with van der Waals surface area (Å²) < 4.78 is 0. The highest BCUT2D eigenvalue weighted by molar-refractivity contribution is 5.17. The van der Waals surface area contributed by atoms with E-state index in [1.165, 1.54) is 0 Å². The van der Waals surface area contributed by atoms with E-state index in [9.17, 15) is 5.11 Å². The van der Waals surface area contributed by atoms with Gasteiger partial charge in [-0.05, 0) is 5.56 Å². The van der Waals surface area contributed by atoms with Gasteiger partial charge in [0.1, 0.15) is 12.3 Å². The Labute approximate surface area is 65.1 Å². The molecule has 0 aliphatic carbocycles. The van der Waals surface area contributed by atoms with Crippen LogP contribution in [0.1, 0.15) is 11.7 Å². The van der Waals surface area contributed by atoms with E-state index in [1.54, 1.807) is 24.3 Å². The van der Waals surface area contributed by atoms with Crippen molar-refractivity contribution >= 4 is 0 Å². The Morgan fingerprint density at radius 3 is 2.09 bits per heavy atom. The first-order chi connectivity index (χ1) is 5.22. The third-order valence-electron chi connectivity index (χ3n) is 1.46. The molecular weight excluding hydrogens is 142 g/mol. The molecule has 0 aliphatic rings. The average Bonchev–Trinajstić information content (AvgIpc) is 2.05. The normalized spacial score (nSPS) is 15.9. The van der Waals surface area contributed by atoms with Crippen LogP contribution in [0.15, 0.2) is 30.3 Å². The minimum absolute atomic E-state index is 0.627. The molecule has 3 nitrogen and oxygen atoms in total. The molecule has 11 heavy (non-hydrogen) atoms. The van der Waals surface area contributed by atoms with Gasteiger partial charge >= 0.3 is 0 Å². The molecular formula is C8H11NO2. The van der Waals surface area contributed by atoms with E-state index < -0.39 is 12.3 Å². The van der Waals surface area contributed by atoms with Gasteiger partial charge in [0.25, 0.3) is 0 Å². The Bertz CT molecular complexity index is 211. The maximum atomic E-state index is 9.22. The fourth-order valence-electron chi connectivity index (χ4n) is 0.847. The van der Waals surface area contributed by atoms with E-state index in [0.29, 0.717) is 5.56 Å². The predicted octanol–water partition coefficient (Wildman–Crippen LogP) is -0.00290. The summed E-state index contributed by atoms with van der Waals surface area (Å²) in [6.07, 6.45) is -2.20. The number of hydrogen-bond acceptors (Lipinski definition) is 3. The van der Waals surface area contributed by atoms with Gasteiger partial charge in [0.05, 0.1) is 0 Å². The number of hydrogen-bond donors (Lipinski definition) is 3. The van der Waals surface area contributed by atoms with Crippen LogP contribution in [0.2, 0.25) is 0 Å². The molecule has 0 aliphatic heterocycles. The summed E-state index contributed by atoms with van der Waals surface area (Å²) in [5.41, 5.74) is 5.70. The zero-order chi connectivity index (χ0) is 8.27. The minimum Gasteiger partial charge on any atom is -0.384 e. The van der Waals surface area contributed by atoms with Crippen molar-refractivity contribution < 1.29 is 10.2 Å². The fourth-order valence-corrected chi connectivity index (χ4v) is 0.847. The molecule has 0 spiro atoms. The second kappa shape index (κ2) is 3.48. The topological polar surface area (TPSA) is 66.5 Å². The van der Waals surface area contributed by atoms with Crippen LogP contribution in [-0.4, -0.2) is 16.4 Å². The molecule has 60 valence electrons. The number of aliphatic hydroxyl groups excluding tert-OH is 2. The Morgan fingerprint density at radius 1 is 1.09 bits per heavy atom. The molecule has 2 atom stereocenters. The van der Waals surface area contributed by atoms with Gasteiger partial charge < -0.3 is 15.9 Å². The second-order valence-electron chi connectivity index (χ2n) is 2.35. The van der Waals surface area contributed by atoms with Crippen LogP contribution >= 0.6 is 0 Å². The van der Waals surface area contributed by atoms with Crippen molar-refractivity contribution in [1.29, 1.82) is 0 Å². The maximum absolute atomic E-state index is 9.22. The first-order valence-corrected chi connectivity index (χ1v) is 3.38. The Kier molecular flexibility index (Phi) is 2.59. The van der Waals surface area contributed by atoms with Crippen molar-refractivity contribution in [2.45, 2.75) is 12.3 Å². The van der Waals surface area contributed by atoms with Crippen molar-refractivity contribution in [3.8, 4) is 0 Å². The Balaban J connectivity index is 2.77. The van der Waals surface area contributed by atoms with E-state index in [0.717, 1.165) is 0 Å². The van der Waals surface area contributed by atoms with Crippen LogP contribution in [0.4, 0.5) is 0 Å². The number of benzene rings is 1. The molecule has 0 bridgehead atoms. The van der Waals surface area contributed by atoms with Gasteiger partial charge in [0.2, 0.25) is 0 Å². The summed E-state index contributed by atoms with van der Waals surface area (Å²) in [6, 6.07) is 8.81. The molecule has 0 saturated carbocycles. The molecule has 0 saturated heterocycles. The number of rotatable bonds is 2. The van der Waals surface area contributed by atoms with E-state index in [-0.39, 0.29) is 0 Å². The molecule has 0 aromatic heterocycles. The zero-order valence-corrected chi connectivity index (χ0v) is 6.01. The minimum atomic E-state index is -1.21. The largest absolute Gasteiger partial charge is 0.384 e. The van der Waals surface area contributed by atoms with Crippen LogP contribution in [0.25, 0.3) is 0 Å². The van der Waals surface area contributed by atoms with Gasteiger partial charge in [-0.25, -0.2) is 0 Å². The summed E-state index contributed by atoms with van der Waals surface area (Å²) in [7, 11) is 0. The summed E-state index contributed by atoms with van der Waals surface area (Å²) in [5, 5.41) is 18.0. The molecule has 1 aromatic carbocycles. The van der Waals surface area contributed by atoms with Crippen LogP contribution < -0.4 is 5.73 Å². The van der Waals surface area contributed by atoms with Gasteiger partial charge in [-0.2, -0.15) is 0 Å². The summed E-state index contributed by atoms with van der Waals surface area (Å²) >= 11 is 0. The Morgan fingerprint density at radius 2 is 1.64 bits per heavy atom. The van der Waals surface area contributed by atoms with E-state index in [4.69, 9.17) is 10.8 Å². The van der Waals surface area contributed by atoms with Crippen LogP contribution in [-0.2, 0) is 0 Å². The summed E-state index contributed by atoms with van der Waals surface area (Å²) in [4.78, 5) is 0. The Hall–Kier alpha value is -0.900. The molecule has 0 heterocycles. The number of nitrogens with two attached hydrogens (primary N) is 1. The zero-order valence-electron chi connectivity index (χ0n) is 6.01. The van der Waals surface area contributed by atoms with Crippen LogP contribution in [0.5, 0.6) is 0 Å². The monoisotopic (exact) mass is 153 g/mol. The first kappa shape index (κ1) is 8.20. The molecule has 0 amide bonds. The highest BCUT2D eigenvalue weighted by Crippen LogP contribution is 2.12. The van der Waals surface area contributed by atoms with Crippen molar-refractivity contribution in [2.24, 2.45) is 5.73 Å². The van der Waals surface area contributed by atoms with Gasteiger partial charge in [0.15, 0.2) is 0 Å². The lowest BCUT2D eigenvalue weighted by Crippen LogP contribution is -2.27. The fraction of sp³-hybridized carbons (Fsp3) is 0.250. The molecule has 0 radical (unpaired) electrons. The van der Waals surface area contributed by atoms with E-state index in [2.05, 4.69) is 0 Å². The SMILES string of the molecule is NC(O)C(O)c1ccccc1. The lowest BCUT2D eigenvalue weighted by Gasteiger charge is -2.12. The predicted molar refractivity (Wildman–Crippen MR) is 41.6 cm³/mol. The van der Waals surface area contributed by atoms with Gasteiger partial charge in [0, 0.05) is 0 Å². The quantitative estimate of drug-likeness (QED) is 0.524. The number of aliphatic hydroxyl groups is 2. The van der Waals surface area contributed by atoms with Crippen molar-refractivity contribution in [1.82, 2.24) is 0 Å². The molecule has 4 N–H and O–H groups in total. The van der Waals surface area contributed by atoms with Crippen molar-refractivity contribution in [3.05, 3.63) is 35.9 Å². The van der Waals surface area contributed by atoms with Crippen LogP contribution in [0.3, 0.4) is 0 Å². The molecule has 2 unspecified atom stereocenters. The third kappa shape index (κ3) is 2.01. The van der Waals surface area contributed by atoms with Crippen molar-refractivity contribution in [2.75, 3.05) is 0 Å². The van der Waals surface area contributed by atoms with E-state index >= 15 is 0 Å². The highest BCUT2D eigenvalue weighted by Gasteiger charge is 2.12. The maximum Gasteiger partial charge on any atom is 0.132 e. The average molecular weight is 153 g/mol. The lowest BCUT2D eigenvalue weighted by molar-refractivity contribution is 0.0228. The standard InChI is InChI=1S/C8H11NO2/c9-8(11)7(10)6-4-2-1-3-5-6/h1-5,7-8,10-11H,9H2. The molecule has 0 fully saturated rings. The lowest BCUT2D eigenvalue weighted by atomic mass is 10.1.